The number of hydrogen-bond donors (Lipinski definition) is 2. The molecular weight excluding hydrogens is 168 g/mol. The highest BCUT2D eigenvalue weighted by atomic mass is 16.4. The van der Waals surface area contributed by atoms with E-state index in [0.717, 1.165) is 0 Å². The van der Waals surface area contributed by atoms with Gasteiger partial charge in [-0.15, -0.1) is 0 Å². The largest absolute Gasteiger partial charge is 0.480 e. The lowest BCUT2D eigenvalue weighted by atomic mass is 9.88. The van der Waals surface area contributed by atoms with Gasteiger partial charge in [0.05, 0.1) is 6.07 Å². The third-order valence-electron chi connectivity index (χ3n) is 2.33. The van der Waals surface area contributed by atoms with Crippen molar-refractivity contribution in [2.75, 3.05) is 6.54 Å². The summed E-state index contributed by atoms with van der Waals surface area (Å²) in [5.41, 5.74) is -0.934. The highest BCUT2D eigenvalue weighted by Gasteiger charge is 2.35. The maximum Gasteiger partial charge on any atom is 0.323 e. The molecule has 1 atom stereocenters. The van der Waals surface area contributed by atoms with Crippen LogP contribution in [0.15, 0.2) is 0 Å². The van der Waals surface area contributed by atoms with E-state index in [1.54, 1.807) is 6.92 Å². The van der Waals surface area contributed by atoms with Gasteiger partial charge in [0.25, 0.3) is 0 Å². The summed E-state index contributed by atoms with van der Waals surface area (Å²) >= 11 is 0. The first-order valence-electron chi connectivity index (χ1n) is 4.30. The van der Waals surface area contributed by atoms with Gasteiger partial charge in [0.2, 0.25) is 0 Å². The lowest BCUT2D eigenvalue weighted by Crippen LogP contribution is -2.53. The first-order chi connectivity index (χ1) is 5.95. The van der Waals surface area contributed by atoms with E-state index in [-0.39, 0.29) is 5.92 Å². The molecule has 74 valence electrons. The van der Waals surface area contributed by atoms with Crippen molar-refractivity contribution in [2.24, 2.45) is 5.92 Å². The van der Waals surface area contributed by atoms with Crippen LogP contribution < -0.4 is 5.32 Å². The van der Waals surface area contributed by atoms with Gasteiger partial charge in [-0.3, -0.25) is 4.79 Å². The Morgan fingerprint density at radius 3 is 2.54 bits per heavy atom. The van der Waals surface area contributed by atoms with Crippen molar-refractivity contribution in [1.82, 2.24) is 5.32 Å². The van der Waals surface area contributed by atoms with Gasteiger partial charge >= 0.3 is 5.97 Å². The maximum atomic E-state index is 10.9. The number of nitriles is 1. The molecule has 4 heteroatoms. The van der Waals surface area contributed by atoms with E-state index in [1.807, 2.05) is 19.9 Å². The minimum atomic E-state index is -0.934. The molecule has 0 aromatic rings. The van der Waals surface area contributed by atoms with Gasteiger partial charge in [-0.25, -0.2) is 0 Å². The van der Waals surface area contributed by atoms with Crippen LogP contribution in [0.5, 0.6) is 0 Å². The van der Waals surface area contributed by atoms with Gasteiger partial charge in [-0.2, -0.15) is 5.26 Å². The Balaban J connectivity index is 4.27. The zero-order chi connectivity index (χ0) is 10.5. The van der Waals surface area contributed by atoms with Gasteiger partial charge in [-0.05, 0) is 12.8 Å². The van der Waals surface area contributed by atoms with Crippen LogP contribution in [0.2, 0.25) is 0 Å². The molecule has 2 N–H and O–H groups in total. The second-order valence-electron chi connectivity index (χ2n) is 3.50. The van der Waals surface area contributed by atoms with Gasteiger partial charge in [0.15, 0.2) is 0 Å². The van der Waals surface area contributed by atoms with Crippen molar-refractivity contribution < 1.29 is 9.90 Å². The van der Waals surface area contributed by atoms with E-state index >= 15 is 0 Å². The average molecular weight is 184 g/mol. The van der Waals surface area contributed by atoms with Crippen LogP contribution in [0.25, 0.3) is 0 Å². The first-order valence-corrected chi connectivity index (χ1v) is 4.30. The van der Waals surface area contributed by atoms with Gasteiger partial charge < -0.3 is 10.4 Å². The third kappa shape index (κ3) is 3.03. The summed E-state index contributed by atoms with van der Waals surface area (Å²) in [7, 11) is 0. The average Bonchev–Trinajstić information content (AvgIpc) is 2.03. The molecule has 0 saturated heterocycles. The molecule has 0 saturated carbocycles. The van der Waals surface area contributed by atoms with Gasteiger partial charge in [0, 0.05) is 13.0 Å². The standard InChI is InChI=1S/C9H16N2O2/c1-7(2)9(3,8(12)13)11-6-4-5-10/h7,11H,4,6H2,1-3H3,(H,12,13)/t9-/m0/s1. The highest BCUT2D eigenvalue weighted by molar-refractivity contribution is 5.78. The summed E-state index contributed by atoms with van der Waals surface area (Å²) in [4.78, 5) is 10.9. The molecule has 0 rings (SSSR count). The molecule has 0 aromatic heterocycles. The maximum absolute atomic E-state index is 10.9. The summed E-state index contributed by atoms with van der Waals surface area (Å²) in [6, 6.07) is 1.96. The smallest absolute Gasteiger partial charge is 0.323 e. The zero-order valence-electron chi connectivity index (χ0n) is 8.29. The Labute approximate surface area is 78.6 Å². The van der Waals surface area contributed by atoms with Crippen molar-refractivity contribution in [3.05, 3.63) is 0 Å². The second-order valence-corrected chi connectivity index (χ2v) is 3.50. The van der Waals surface area contributed by atoms with Crippen molar-refractivity contribution in [3.63, 3.8) is 0 Å². The molecule has 0 aromatic carbocycles. The molecule has 0 spiro atoms. The minimum Gasteiger partial charge on any atom is -0.480 e. The Morgan fingerprint density at radius 1 is 1.69 bits per heavy atom. The minimum absolute atomic E-state index is 0.0105. The van der Waals surface area contributed by atoms with E-state index in [2.05, 4.69) is 5.32 Å². The van der Waals surface area contributed by atoms with E-state index in [9.17, 15) is 4.79 Å². The second kappa shape index (κ2) is 4.83. The van der Waals surface area contributed by atoms with Crippen LogP contribution >= 0.6 is 0 Å². The number of carbonyl (C=O) groups is 1. The number of carboxylic acids is 1. The lowest BCUT2D eigenvalue weighted by Gasteiger charge is -2.29. The van der Waals surface area contributed by atoms with Crippen molar-refractivity contribution >= 4 is 5.97 Å². The molecule has 0 amide bonds. The predicted octanol–water partition coefficient (Wildman–Crippen LogP) is 0.989. The number of carboxylic acid groups (broad SMARTS) is 1. The SMILES string of the molecule is CC(C)[C@](C)(NCCC#N)C(=O)O. The summed E-state index contributed by atoms with van der Waals surface area (Å²) in [5, 5.41) is 20.1. The molecular formula is C9H16N2O2. The molecule has 0 bridgehead atoms. The topological polar surface area (TPSA) is 73.1 Å². The Bertz CT molecular complexity index is 220. The fourth-order valence-corrected chi connectivity index (χ4v) is 0.905. The van der Waals surface area contributed by atoms with Crippen molar-refractivity contribution in [1.29, 1.82) is 5.26 Å². The van der Waals surface area contributed by atoms with Crippen LogP contribution in [0.1, 0.15) is 27.2 Å². The number of nitrogens with one attached hydrogen (secondary N) is 1. The fraction of sp³-hybridized carbons (Fsp3) is 0.778. The number of hydrogen-bond acceptors (Lipinski definition) is 3. The lowest BCUT2D eigenvalue weighted by molar-refractivity contribution is -0.146. The molecule has 0 aliphatic heterocycles. The monoisotopic (exact) mass is 184 g/mol. The van der Waals surface area contributed by atoms with E-state index in [0.29, 0.717) is 13.0 Å². The summed E-state index contributed by atoms with van der Waals surface area (Å²) in [6.07, 6.45) is 0.329. The number of aliphatic carboxylic acids is 1. The third-order valence-corrected chi connectivity index (χ3v) is 2.33. The highest BCUT2D eigenvalue weighted by Crippen LogP contribution is 2.16. The van der Waals surface area contributed by atoms with Gasteiger partial charge in [0.1, 0.15) is 5.54 Å². The normalized spacial score (nSPS) is 15.0. The molecule has 0 heterocycles. The molecule has 0 fully saturated rings. The van der Waals surface area contributed by atoms with Crippen LogP contribution in [0.3, 0.4) is 0 Å². The predicted molar refractivity (Wildman–Crippen MR) is 49.1 cm³/mol. The Morgan fingerprint density at radius 2 is 2.23 bits per heavy atom. The van der Waals surface area contributed by atoms with E-state index < -0.39 is 11.5 Å². The van der Waals surface area contributed by atoms with Gasteiger partial charge in [-0.1, -0.05) is 13.8 Å². The van der Waals surface area contributed by atoms with E-state index in [4.69, 9.17) is 10.4 Å². The number of rotatable bonds is 5. The van der Waals surface area contributed by atoms with Crippen molar-refractivity contribution in [2.45, 2.75) is 32.7 Å². The molecule has 13 heavy (non-hydrogen) atoms. The molecule has 0 aliphatic rings. The molecule has 0 aliphatic carbocycles. The van der Waals surface area contributed by atoms with Crippen LogP contribution in [-0.2, 0) is 4.79 Å². The Hall–Kier alpha value is -1.08. The first kappa shape index (κ1) is 11.9. The van der Waals surface area contributed by atoms with Crippen molar-refractivity contribution in [3.8, 4) is 6.07 Å². The Kier molecular flexibility index (Phi) is 4.43. The quantitative estimate of drug-likeness (QED) is 0.625. The van der Waals surface area contributed by atoms with E-state index in [1.165, 1.54) is 0 Å². The van der Waals surface area contributed by atoms with Crippen LogP contribution in [0, 0.1) is 17.2 Å². The fourth-order valence-electron chi connectivity index (χ4n) is 0.905. The molecule has 0 unspecified atom stereocenters. The van der Waals surface area contributed by atoms with Crippen LogP contribution in [0.4, 0.5) is 0 Å². The summed E-state index contributed by atoms with van der Waals surface area (Å²) in [5.74, 6) is -0.885. The number of nitrogens with zero attached hydrogens (tertiary/aromatic N) is 1. The zero-order valence-corrected chi connectivity index (χ0v) is 8.29. The summed E-state index contributed by atoms with van der Waals surface area (Å²) < 4.78 is 0. The molecule has 4 nitrogen and oxygen atoms in total. The van der Waals surface area contributed by atoms with Crippen LogP contribution in [-0.4, -0.2) is 23.2 Å². The molecule has 0 radical (unpaired) electrons. The summed E-state index contributed by atoms with van der Waals surface area (Å²) in [6.45, 7) is 5.73.